The second-order valence-electron chi connectivity index (χ2n) is 13.7. The molecular weight excluding hydrogens is 831 g/mol. The first-order valence-electron chi connectivity index (χ1n) is 18.8. The van der Waals surface area contributed by atoms with Gasteiger partial charge in [0.25, 0.3) is 10.3 Å². The molecule has 1 aliphatic heterocycles. The van der Waals surface area contributed by atoms with E-state index in [4.69, 9.17) is 4.74 Å². The molecule has 4 aromatic heterocycles. The fourth-order valence-electron chi connectivity index (χ4n) is 6.15. The van der Waals surface area contributed by atoms with Crippen molar-refractivity contribution in [2.24, 2.45) is 0 Å². The average Bonchev–Trinajstić information content (AvgIpc) is 3.89. The predicted molar refractivity (Wildman–Crippen MR) is 221 cm³/mol. The van der Waals surface area contributed by atoms with Crippen LogP contribution in [0.1, 0.15) is 37.4 Å². The van der Waals surface area contributed by atoms with Gasteiger partial charge in [-0.05, 0) is 62.4 Å². The molecule has 0 spiro atoms. The zero-order valence-corrected chi connectivity index (χ0v) is 35.0. The topological polar surface area (TPSA) is 275 Å². The van der Waals surface area contributed by atoms with E-state index < -0.39 is 36.6 Å². The highest BCUT2D eigenvalue weighted by atomic mass is 32.2. The van der Waals surface area contributed by atoms with Gasteiger partial charge >= 0.3 is 0 Å². The van der Waals surface area contributed by atoms with Crippen LogP contribution < -0.4 is 25.6 Å². The van der Waals surface area contributed by atoms with Crippen molar-refractivity contribution in [3.63, 3.8) is 0 Å². The van der Waals surface area contributed by atoms with Gasteiger partial charge in [0.05, 0.1) is 46.7 Å². The number of anilines is 7. The molecule has 2 amide bonds. The smallest absolute Gasteiger partial charge is 0.256 e. The average molecular weight is 872 g/mol. The number of aromatic amines is 2. The van der Waals surface area contributed by atoms with Crippen LogP contribution in [0.25, 0.3) is 0 Å². The monoisotopic (exact) mass is 871 g/mol. The molecule has 5 heterocycles. The van der Waals surface area contributed by atoms with E-state index >= 15 is 0 Å². The summed E-state index contributed by atoms with van der Waals surface area (Å²) in [5.41, 5.74) is 1.72. The van der Waals surface area contributed by atoms with Crippen LogP contribution in [0.15, 0.2) is 92.9 Å². The molecule has 0 saturated carbocycles. The molecule has 21 nitrogen and oxygen atoms in total. The molecule has 6 aromatic rings. The van der Waals surface area contributed by atoms with Crippen LogP contribution in [0.5, 0.6) is 0 Å². The molecule has 1 fully saturated rings. The number of sulfone groups is 2. The van der Waals surface area contributed by atoms with Crippen LogP contribution >= 0.6 is 0 Å². The molecular formula is C38H41N13O8S2. The van der Waals surface area contributed by atoms with Gasteiger partial charge in [-0.3, -0.25) is 19.8 Å². The molecule has 5 N–H and O–H groups in total. The highest BCUT2D eigenvalue weighted by molar-refractivity contribution is 7.91. The number of ether oxygens (including phenoxy) is 1. The minimum absolute atomic E-state index is 0.0425. The van der Waals surface area contributed by atoms with Crippen molar-refractivity contribution in [3.8, 4) is 0 Å². The van der Waals surface area contributed by atoms with Gasteiger partial charge in [-0.25, -0.2) is 36.8 Å². The first-order valence-corrected chi connectivity index (χ1v) is 21.8. The van der Waals surface area contributed by atoms with Gasteiger partial charge in [0.1, 0.15) is 5.82 Å². The van der Waals surface area contributed by atoms with E-state index in [1.807, 2.05) is 4.90 Å². The van der Waals surface area contributed by atoms with E-state index in [1.165, 1.54) is 71.5 Å². The summed E-state index contributed by atoms with van der Waals surface area (Å²) in [5.74, 6) is -0.101. The summed E-state index contributed by atoms with van der Waals surface area (Å²) in [6.07, 6.45) is 0.224. The third-order valence-corrected chi connectivity index (χ3v) is 12.2. The summed E-state index contributed by atoms with van der Waals surface area (Å²) in [7, 11) is -8.93. The Morgan fingerprint density at radius 1 is 0.738 bits per heavy atom. The van der Waals surface area contributed by atoms with Crippen molar-refractivity contribution in [2.75, 3.05) is 51.9 Å². The maximum atomic E-state index is 14.4. The number of hydrazine groups is 1. The summed E-state index contributed by atoms with van der Waals surface area (Å²) < 4.78 is 62.9. The number of nitrogens with zero attached hydrogens (tertiary/aromatic N) is 9. The lowest BCUT2D eigenvalue weighted by molar-refractivity contribution is -0.116. The Hall–Kier alpha value is -6.82. The second-order valence-corrected chi connectivity index (χ2v) is 17.4. The van der Waals surface area contributed by atoms with Crippen molar-refractivity contribution in [2.45, 2.75) is 60.8 Å². The van der Waals surface area contributed by atoms with Crippen molar-refractivity contribution >= 4 is 72.0 Å². The van der Waals surface area contributed by atoms with E-state index in [9.17, 15) is 31.5 Å². The van der Waals surface area contributed by atoms with E-state index in [-0.39, 0.29) is 62.8 Å². The van der Waals surface area contributed by atoms with Gasteiger partial charge in [0, 0.05) is 62.1 Å². The van der Waals surface area contributed by atoms with E-state index in [0.29, 0.717) is 49.1 Å². The lowest BCUT2D eigenvalue weighted by Crippen LogP contribution is -2.40. The molecule has 0 aliphatic carbocycles. The zero-order valence-electron chi connectivity index (χ0n) is 33.3. The predicted octanol–water partition coefficient (Wildman–Crippen LogP) is 3.52. The lowest BCUT2D eigenvalue weighted by Gasteiger charge is -2.35. The number of aryl methyl sites for hydroxylation is 2. The van der Waals surface area contributed by atoms with Gasteiger partial charge in [-0.15, -0.1) is 0 Å². The number of rotatable bonds is 14. The zero-order chi connectivity index (χ0) is 43.5. The van der Waals surface area contributed by atoms with Gasteiger partial charge < -0.3 is 25.4 Å². The molecule has 1 saturated heterocycles. The van der Waals surface area contributed by atoms with E-state index in [2.05, 4.69) is 51.0 Å². The quantitative estimate of drug-likeness (QED) is 0.0773. The SMILES string of the molecule is CCC(=O)Nc1ccc(S(=O)(=O)c2nc(CO)cc(N(c3cc(C)n[nH]3)N(c3cc(N4CCOCC4)nc(S(=O)(=O)c4ccc(NC(C)=O)cc4)n3)c3cc(C)n[nH]3)n2)cc1. The number of carbonyl (C=O) groups excluding carboxylic acids is 2. The van der Waals surface area contributed by atoms with Gasteiger partial charge in [-0.1, -0.05) is 6.92 Å². The van der Waals surface area contributed by atoms with Crippen LogP contribution in [-0.4, -0.2) is 100 Å². The van der Waals surface area contributed by atoms with Crippen LogP contribution in [0.2, 0.25) is 0 Å². The summed E-state index contributed by atoms with van der Waals surface area (Å²) in [5, 5.41) is 31.8. The third kappa shape index (κ3) is 9.18. The fraction of sp³-hybridized carbons (Fsp3) is 0.263. The molecule has 2 aromatic carbocycles. The number of amides is 2. The number of aliphatic hydroxyl groups excluding tert-OH is 1. The Morgan fingerprint density at radius 2 is 1.23 bits per heavy atom. The first-order chi connectivity index (χ1) is 29.2. The maximum absolute atomic E-state index is 14.4. The van der Waals surface area contributed by atoms with Crippen LogP contribution in [-0.2, 0) is 40.6 Å². The minimum atomic E-state index is -4.48. The molecule has 61 heavy (non-hydrogen) atoms. The molecule has 0 radical (unpaired) electrons. The molecule has 0 atom stereocenters. The number of H-pyrrole nitrogens is 2. The molecule has 23 heteroatoms. The number of aromatic nitrogens is 8. The number of hydrogen-bond acceptors (Lipinski definition) is 17. The number of hydrogen-bond donors (Lipinski definition) is 5. The number of morpholine rings is 1. The normalized spacial score (nSPS) is 13.2. The number of aliphatic hydroxyl groups is 1. The first kappa shape index (κ1) is 42.3. The largest absolute Gasteiger partial charge is 0.390 e. The number of nitrogens with one attached hydrogen (secondary N) is 4. The van der Waals surface area contributed by atoms with E-state index in [1.54, 1.807) is 39.0 Å². The number of carbonyl (C=O) groups is 2. The van der Waals surface area contributed by atoms with Crippen molar-refractivity contribution in [3.05, 3.63) is 89.9 Å². The Labute approximate surface area is 350 Å². The van der Waals surface area contributed by atoms with Crippen LogP contribution in [0.3, 0.4) is 0 Å². The summed E-state index contributed by atoms with van der Waals surface area (Å²) in [6.45, 7) is 7.18. The summed E-state index contributed by atoms with van der Waals surface area (Å²) in [4.78, 5) is 43.0. The molecule has 7 rings (SSSR count). The Bertz CT molecular complexity index is 2790. The summed E-state index contributed by atoms with van der Waals surface area (Å²) >= 11 is 0. The van der Waals surface area contributed by atoms with Gasteiger partial charge in [0.15, 0.2) is 23.3 Å². The third-order valence-electron chi connectivity index (χ3n) is 9.13. The Balaban J connectivity index is 1.43. The number of benzene rings is 2. The highest BCUT2D eigenvalue weighted by Gasteiger charge is 2.33. The minimum Gasteiger partial charge on any atom is -0.390 e. The van der Waals surface area contributed by atoms with E-state index in [0.717, 1.165) is 0 Å². The van der Waals surface area contributed by atoms with Gasteiger partial charge in [0.2, 0.25) is 31.5 Å². The molecule has 318 valence electrons. The molecule has 1 aliphatic rings. The maximum Gasteiger partial charge on any atom is 0.256 e. The van der Waals surface area contributed by atoms with Crippen molar-refractivity contribution in [1.29, 1.82) is 0 Å². The van der Waals surface area contributed by atoms with Crippen LogP contribution in [0, 0.1) is 13.8 Å². The molecule has 0 unspecified atom stereocenters. The van der Waals surface area contributed by atoms with Gasteiger partial charge in [-0.2, -0.15) is 20.2 Å². The standard InChI is InChI=1S/C38H41N13O8S2/c1-5-36(54)40-27-8-12-29(13-9-27)60(55,56)37-41-28(22-52)20-32(43-37)50(34-18-23(2)45-47-34)51(35-19-24(3)46-48-35)33-21-31(49-14-16-59-17-15-49)42-38(44-33)61(57,58)30-10-6-26(7-11-30)39-25(4)53/h6-13,18-21,52H,5,14-17,22H2,1-4H3,(H,39,53)(H,40,54)(H,45,47)(H,46,48). The Morgan fingerprint density at radius 3 is 1.69 bits per heavy atom. The van der Waals surface area contributed by atoms with Crippen molar-refractivity contribution < 1.29 is 36.3 Å². The Kier molecular flexibility index (Phi) is 12.1. The second kappa shape index (κ2) is 17.4. The van der Waals surface area contributed by atoms with Crippen LogP contribution in [0.4, 0.5) is 40.5 Å². The van der Waals surface area contributed by atoms with Crippen molar-refractivity contribution in [1.82, 2.24) is 40.3 Å². The molecule has 0 bridgehead atoms. The highest BCUT2D eigenvalue weighted by Crippen LogP contribution is 2.37. The lowest BCUT2D eigenvalue weighted by atomic mass is 10.3. The summed E-state index contributed by atoms with van der Waals surface area (Å²) in [6, 6.07) is 17.2. The fourth-order valence-corrected chi connectivity index (χ4v) is 8.44.